The van der Waals surface area contributed by atoms with Crippen LogP contribution in [0, 0.1) is 12.8 Å². The highest BCUT2D eigenvalue weighted by Gasteiger charge is 2.58. The molecule has 1 fully saturated rings. The van der Waals surface area contributed by atoms with Gasteiger partial charge in [0.1, 0.15) is 17.7 Å². The molecule has 6 nitrogen and oxygen atoms in total. The van der Waals surface area contributed by atoms with Crippen molar-refractivity contribution in [1.82, 2.24) is 0 Å². The van der Waals surface area contributed by atoms with Crippen molar-refractivity contribution in [3.8, 4) is 0 Å². The third-order valence-electron chi connectivity index (χ3n) is 5.82. The Kier molecular flexibility index (Phi) is 4.87. The van der Waals surface area contributed by atoms with Gasteiger partial charge in [-0.3, -0.25) is 19.4 Å². The number of rotatable bonds is 4. The van der Waals surface area contributed by atoms with Crippen molar-refractivity contribution in [3.63, 3.8) is 0 Å². The zero-order valence-electron chi connectivity index (χ0n) is 17.1. The summed E-state index contributed by atoms with van der Waals surface area (Å²) in [6, 6.07) is 21.9. The lowest BCUT2D eigenvalue weighted by atomic mass is 9.92. The Balaban J connectivity index is 1.64. The first-order chi connectivity index (χ1) is 15.5. The number of amides is 2. The minimum Gasteiger partial charge on any atom is -0.287 e. The van der Waals surface area contributed by atoms with Crippen molar-refractivity contribution in [2.75, 3.05) is 9.91 Å². The summed E-state index contributed by atoms with van der Waals surface area (Å²) < 4.78 is 0. The van der Waals surface area contributed by atoms with Gasteiger partial charge in [0.15, 0.2) is 0 Å². The van der Waals surface area contributed by atoms with Crippen LogP contribution in [0.2, 0.25) is 5.02 Å². The van der Waals surface area contributed by atoms with Gasteiger partial charge >= 0.3 is 0 Å². The molecule has 158 valence electrons. The number of imide groups is 1. The molecule has 1 saturated heterocycles. The van der Waals surface area contributed by atoms with Gasteiger partial charge in [-0.25, -0.2) is 4.90 Å². The van der Waals surface area contributed by atoms with Crippen LogP contribution in [0.4, 0.5) is 11.4 Å². The summed E-state index contributed by atoms with van der Waals surface area (Å²) in [5, 5.41) is 6.43. The highest BCUT2D eigenvalue weighted by atomic mass is 35.5. The van der Waals surface area contributed by atoms with Crippen LogP contribution in [-0.2, 0) is 9.59 Å². The van der Waals surface area contributed by atoms with E-state index in [1.165, 1.54) is 5.01 Å². The number of ketones is 1. The van der Waals surface area contributed by atoms with Crippen molar-refractivity contribution in [2.45, 2.75) is 13.0 Å². The zero-order chi connectivity index (χ0) is 22.4. The molecule has 2 aliphatic heterocycles. The zero-order valence-corrected chi connectivity index (χ0v) is 17.9. The van der Waals surface area contributed by atoms with Crippen molar-refractivity contribution in [2.24, 2.45) is 11.0 Å². The Bertz CT molecular complexity index is 1270. The molecular formula is C25H18ClN3O3. The van der Waals surface area contributed by atoms with Crippen LogP contribution in [0.25, 0.3) is 0 Å². The van der Waals surface area contributed by atoms with Crippen molar-refractivity contribution >= 4 is 46.3 Å². The van der Waals surface area contributed by atoms with Crippen molar-refractivity contribution < 1.29 is 14.4 Å². The summed E-state index contributed by atoms with van der Waals surface area (Å²) in [5.74, 6) is -2.29. The van der Waals surface area contributed by atoms with E-state index in [1.54, 1.807) is 67.6 Å². The van der Waals surface area contributed by atoms with Gasteiger partial charge in [-0.15, -0.1) is 0 Å². The highest BCUT2D eigenvalue weighted by molar-refractivity contribution is 6.53. The van der Waals surface area contributed by atoms with Crippen LogP contribution in [0.3, 0.4) is 0 Å². The van der Waals surface area contributed by atoms with Gasteiger partial charge in [0.2, 0.25) is 11.7 Å². The van der Waals surface area contributed by atoms with Gasteiger partial charge in [-0.1, -0.05) is 66.2 Å². The van der Waals surface area contributed by atoms with E-state index in [1.807, 2.05) is 18.2 Å². The number of anilines is 2. The molecule has 7 heteroatoms. The summed E-state index contributed by atoms with van der Waals surface area (Å²) in [7, 11) is 0. The summed E-state index contributed by atoms with van der Waals surface area (Å²) >= 11 is 6.25. The van der Waals surface area contributed by atoms with Crippen LogP contribution in [0.5, 0.6) is 0 Å². The van der Waals surface area contributed by atoms with E-state index in [0.717, 1.165) is 4.90 Å². The minimum atomic E-state index is -1.01. The predicted molar refractivity (Wildman–Crippen MR) is 123 cm³/mol. The molecule has 3 aromatic rings. The molecule has 0 bridgehead atoms. The second-order valence-electron chi connectivity index (χ2n) is 7.68. The molecule has 32 heavy (non-hydrogen) atoms. The first-order valence-electron chi connectivity index (χ1n) is 10.1. The van der Waals surface area contributed by atoms with Gasteiger partial charge in [-0.05, 0) is 36.8 Å². The van der Waals surface area contributed by atoms with Crippen LogP contribution in [0.15, 0.2) is 84.0 Å². The SMILES string of the molecule is Cc1c(Cl)cccc1N1C(=O)[C@@H]2C(C(=O)c3ccccc3)=NN(c3ccccc3)[C@H]2C1=O. The first kappa shape index (κ1) is 20.2. The quantitative estimate of drug-likeness (QED) is 0.446. The number of fused-ring (bicyclic) bond motifs is 1. The molecule has 0 N–H and O–H groups in total. The summed E-state index contributed by atoms with van der Waals surface area (Å²) in [6.07, 6.45) is 0. The number of carbonyl (C=O) groups excluding carboxylic acids is 3. The lowest BCUT2D eigenvalue weighted by molar-refractivity contribution is -0.121. The molecule has 0 unspecified atom stereocenters. The average molecular weight is 444 g/mol. The van der Waals surface area contributed by atoms with Crippen molar-refractivity contribution in [1.29, 1.82) is 0 Å². The molecule has 0 radical (unpaired) electrons. The van der Waals surface area contributed by atoms with Crippen LogP contribution in [-0.4, -0.2) is 29.4 Å². The largest absolute Gasteiger partial charge is 0.287 e. The van der Waals surface area contributed by atoms with E-state index < -0.39 is 23.8 Å². The fourth-order valence-electron chi connectivity index (χ4n) is 4.21. The molecule has 0 spiro atoms. The molecule has 2 aliphatic rings. The van der Waals surface area contributed by atoms with Gasteiger partial charge in [-0.2, -0.15) is 5.10 Å². The minimum absolute atomic E-state index is 0.0607. The van der Waals surface area contributed by atoms with Gasteiger partial charge in [0.05, 0.1) is 11.4 Å². The Morgan fingerprint density at radius 2 is 1.53 bits per heavy atom. The van der Waals surface area contributed by atoms with E-state index in [-0.39, 0.29) is 11.5 Å². The first-order valence-corrected chi connectivity index (χ1v) is 10.5. The second-order valence-corrected chi connectivity index (χ2v) is 8.09. The summed E-state index contributed by atoms with van der Waals surface area (Å²) in [4.78, 5) is 41.6. The van der Waals surface area contributed by atoms with Gasteiger partial charge in [0, 0.05) is 10.6 Å². The number of Topliss-reactive ketones (excluding diaryl/α,β-unsaturated/α-hetero) is 1. The number of hydrogen-bond acceptors (Lipinski definition) is 5. The molecule has 2 atom stereocenters. The maximum Gasteiger partial charge on any atom is 0.259 e. The Hall–Kier alpha value is -3.77. The van der Waals surface area contributed by atoms with Crippen LogP contribution < -0.4 is 9.91 Å². The fraction of sp³-hybridized carbons (Fsp3) is 0.120. The topological polar surface area (TPSA) is 70.1 Å². The van der Waals surface area contributed by atoms with E-state index in [9.17, 15) is 14.4 Å². The van der Waals surface area contributed by atoms with E-state index in [4.69, 9.17) is 11.6 Å². The van der Waals surface area contributed by atoms with Crippen LogP contribution >= 0.6 is 11.6 Å². The molecule has 0 saturated carbocycles. The number of benzene rings is 3. The molecule has 2 amide bonds. The number of nitrogens with zero attached hydrogens (tertiary/aromatic N) is 3. The van der Waals surface area contributed by atoms with Gasteiger partial charge in [0.25, 0.3) is 5.91 Å². The van der Waals surface area contributed by atoms with E-state index in [2.05, 4.69) is 5.10 Å². The van der Waals surface area contributed by atoms with Crippen molar-refractivity contribution in [3.05, 3.63) is 95.0 Å². The molecule has 0 aromatic heterocycles. The normalized spacial score (nSPS) is 19.9. The number of carbonyl (C=O) groups is 3. The Morgan fingerprint density at radius 3 is 2.22 bits per heavy atom. The average Bonchev–Trinajstić information content (AvgIpc) is 3.33. The molecule has 0 aliphatic carbocycles. The standard InChI is InChI=1S/C25H18ClN3O3/c1-15-18(26)13-8-14-19(15)28-24(31)20-21(23(30)16-9-4-2-5-10-16)27-29(22(20)25(28)32)17-11-6-3-7-12-17/h2-14,20,22H,1H3/t20-,22-/m1/s1. The van der Waals surface area contributed by atoms with E-state index >= 15 is 0 Å². The molecule has 5 rings (SSSR count). The molecule has 3 aromatic carbocycles. The second kappa shape index (κ2) is 7.73. The van der Waals surface area contributed by atoms with E-state index in [0.29, 0.717) is 27.5 Å². The lowest BCUT2D eigenvalue weighted by Gasteiger charge is -2.23. The summed E-state index contributed by atoms with van der Waals surface area (Å²) in [5.41, 5.74) is 2.14. The monoisotopic (exact) mass is 443 g/mol. The number of hydrogen-bond donors (Lipinski definition) is 0. The fourth-order valence-corrected chi connectivity index (χ4v) is 4.38. The highest BCUT2D eigenvalue weighted by Crippen LogP contribution is 2.40. The number of hydrazone groups is 1. The van der Waals surface area contributed by atoms with Gasteiger partial charge < -0.3 is 0 Å². The predicted octanol–water partition coefficient (Wildman–Crippen LogP) is 4.27. The summed E-state index contributed by atoms with van der Waals surface area (Å²) in [6.45, 7) is 1.76. The maximum atomic E-state index is 13.6. The molecular weight excluding hydrogens is 426 g/mol. The third kappa shape index (κ3) is 3.03. The Morgan fingerprint density at radius 1 is 0.875 bits per heavy atom. The number of para-hydroxylation sites is 1. The Labute approximate surface area is 189 Å². The molecule has 2 heterocycles. The maximum absolute atomic E-state index is 13.6. The van der Waals surface area contributed by atoms with Crippen LogP contribution in [0.1, 0.15) is 15.9 Å². The third-order valence-corrected chi connectivity index (χ3v) is 6.23. The smallest absolute Gasteiger partial charge is 0.259 e. The number of halogens is 1. The lowest BCUT2D eigenvalue weighted by Crippen LogP contribution is -2.39.